The van der Waals surface area contributed by atoms with Gasteiger partial charge >= 0.3 is 12.0 Å². The van der Waals surface area contributed by atoms with Crippen molar-refractivity contribution in [2.24, 2.45) is 0 Å². The van der Waals surface area contributed by atoms with E-state index >= 15 is 0 Å². The second-order valence-corrected chi connectivity index (χ2v) is 4.97. The second kappa shape index (κ2) is 7.12. The van der Waals surface area contributed by atoms with Gasteiger partial charge in [0.2, 0.25) is 5.91 Å². The molecule has 20 heavy (non-hydrogen) atoms. The van der Waals surface area contributed by atoms with Crippen LogP contribution in [0.3, 0.4) is 0 Å². The van der Waals surface area contributed by atoms with Gasteiger partial charge in [-0.25, -0.2) is 4.79 Å². The molecule has 1 fully saturated rings. The van der Waals surface area contributed by atoms with Crippen LogP contribution in [0.15, 0.2) is 0 Å². The normalized spacial score (nSPS) is 20.2. The molecule has 2 atom stereocenters. The van der Waals surface area contributed by atoms with Crippen LogP contribution in [-0.2, 0) is 9.59 Å². The van der Waals surface area contributed by atoms with Crippen molar-refractivity contribution in [2.45, 2.75) is 45.7 Å². The van der Waals surface area contributed by atoms with E-state index in [9.17, 15) is 14.4 Å². The molecule has 7 nitrogen and oxygen atoms in total. The predicted molar refractivity (Wildman–Crippen MR) is 73.3 cm³/mol. The second-order valence-electron chi connectivity index (χ2n) is 4.97. The van der Waals surface area contributed by atoms with Gasteiger partial charge in [0.15, 0.2) is 0 Å². The summed E-state index contributed by atoms with van der Waals surface area (Å²) in [6.45, 7) is 6.01. The topological polar surface area (TPSA) is 90.0 Å². The average Bonchev–Trinajstić information content (AvgIpc) is 2.42. The fraction of sp³-hybridized carbons (Fsp3) is 0.769. The smallest absolute Gasteiger partial charge is 0.323 e. The van der Waals surface area contributed by atoms with Gasteiger partial charge < -0.3 is 20.2 Å². The molecular formula is C13H23N3O4. The summed E-state index contributed by atoms with van der Waals surface area (Å²) in [5.41, 5.74) is 0. The molecule has 1 aliphatic rings. The van der Waals surface area contributed by atoms with Crippen molar-refractivity contribution in [3.8, 4) is 0 Å². The Kier molecular flexibility index (Phi) is 5.79. The first-order valence-electron chi connectivity index (χ1n) is 6.99. The number of carboxylic acid groups (broad SMARTS) is 1. The number of carbonyl (C=O) groups is 3. The summed E-state index contributed by atoms with van der Waals surface area (Å²) in [4.78, 5) is 38.1. The van der Waals surface area contributed by atoms with E-state index < -0.39 is 12.0 Å². The zero-order valence-corrected chi connectivity index (χ0v) is 12.3. The Balaban J connectivity index is 2.91. The molecular weight excluding hydrogens is 262 g/mol. The van der Waals surface area contributed by atoms with E-state index in [0.717, 1.165) is 0 Å². The van der Waals surface area contributed by atoms with Crippen molar-refractivity contribution in [2.75, 3.05) is 19.6 Å². The molecule has 0 aromatic carbocycles. The van der Waals surface area contributed by atoms with Crippen LogP contribution in [0.4, 0.5) is 4.79 Å². The van der Waals surface area contributed by atoms with E-state index in [-0.39, 0.29) is 24.5 Å². The summed E-state index contributed by atoms with van der Waals surface area (Å²) in [5.74, 6) is -1.22. The summed E-state index contributed by atoms with van der Waals surface area (Å²) in [5, 5.41) is 11.7. The van der Waals surface area contributed by atoms with E-state index in [1.54, 1.807) is 0 Å². The number of urea groups is 1. The van der Waals surface area contributed by atoms with Crippen LogP contribution in [0.5, 0.6) is 0 Å². The van der Waals surface area contributed by atoms with E-state index in [1.165, 1.54) is 9.80 Å². The maximum Gasteiger partial charge on any atom is 0.323 e. The van der Waals surface area contributed by atoms with Crippen LogP contribution in [0, 0.1) is 0 Å². The number of hydrogen-bond donors (Lipinski definition) is 2. The molecule has 1 rings (SSSR count). The Morgan fingerprint density at radius 2 is 2.15 bits per heavy atom. The summed E-state index contributed by atoms with van der Waals surface area (Å²) in [7, 11) is 0. The first-order valence-corrected chi connectivity index (χ1v) is 6.99. The van der Waals surface area contributed by atoms with Crippen molar-refractivity contribution >= 4 is 17.9 Å². The fourth-order valence-corrected chi connectivity index (χ4v) is 2.29. The molecule has 0 aromatic heterocycles. The Morgan fingerprint density at radius 3 is 2.65 bits per heavy atom. The third-order valence-electron chi connectivity index (χ3n) is 3.64. The van der Waals surface area contributed by atoms with Gasteiger partial charge in [-0.15, -0.1) is 0 Å². The van der Waals surface area contributed by atoms with Gasteiger partial charge in [0, 0.05) is 19.1 Å². The lowest BCUT2D eigenvalue weighted by atomic mass is 10.1. The zero-order chi connectivity index (χ0) is 15.3. The molecule has 0 bridgehead atoms. The lowest BCUT2D eigenvalue weighted by Crippen LogP contribution is -2.61. The molecule has 1 aliphatic heterocycles. The molecule has 0 saturated carbocycles. The largest absolute Gasteiger partial charge is 0.480 e. The number of nitrogens with one attached hydrogen (secondary N) is 1. The molecule has 2 unspecified atom stereocenters. The lowest BCUT2D eigenvalue weighted by molar-refractivity contribution is -0.138. The van der Waals surface area contributed by atoms with Crippen molar-refractivity contribution in [1.29, 1.82) is 0 Å². The van der Waals surface area contributed by atoms with Gasteiger partial charge in [-0.05, 0) is 19.8 Å². The molecule has 7 heteroatoms. The average molecular weight is 285 g/mol. The van der Waals surface area contributed by atoms with Crippen molar-refractivity contribution in [1.82, 2.24) is 15.1 Å². The summed E-state index contributed by atoms with van der Waals surface area (Å²) in [6, 6.07) is -1.07. The highest BCUT2D eigenvalue weighted by Gasteiger charge is 2.35. The lowest BCUT2D eigenvalue weighted by Gasteiger charge is -2.39. The minimum absolute atomic E-state index is 0.175. The van der Waals surface area contributed by atoms with Crippen molar-refractivity contribution in [3.05, 3.63) is 0 Å². The highest BCUT2D eigenvalue weighted by molar-refractivity contribution is 5.89. The number of carboxylic acids is 1. The highest BCUT2D eigenvalue weighted by Crippen LogP contribution is 2.14. The fourth-order valence-electron chi connectivity index (χ4n) is 2.29. The molecule has 0 aliphatic carbocycles. The quantitative estimate of drug-likeness (QED) is 0.769. The number of carbonyl (C=O) groups excluding carboxylic acids is 2. The third-order valence-corrected chi connectivity index (χ3v) is 3.64. The van der Waals surface area contributed by atoms with E-state index in [4.69, 9.17) is 5.11 Å². The summed E-state index contributed by atoms with van der Waals surface area (Å²) in [6.07, 6.45) is 1.18. The number of piperazine rings is 1. The molecule has 114 valence electrons. The summed E-state index contributed by atoms with van der Waals surface area (Å²) >= 11 is 0. The van der Waals surface area contributed by atoms with Crippen molar-refractivity contribution in [3.63, 3.8) is 0 Å². The monoisotopic (exact) mass is 285 g/mol. The van der Waals surface area contributed by atoms with Crippen LogP contribution >= 0.6 is 0 Å². The third kappa shape index (κ3) is 3.61. The van der Waals surface area contributed by atoms with Gasteiger partial charge in [-0.3, -0.25) is 9.59 Å². The van der Waals surface area contributed by atoms with Crippen LogP contribution in [0.25, 0.3) is 0 Å². The first kappa shape index (κ1) is 16.3. The molecule has 0 spiro atoms. The Morgan fingerprint density at radius 1 is 1.50 bits per heavy atom. The van der Waals surface area contributed by atoms with E-state index in [0.29, 0.717) is 25.9 Å². The van der Waals surface area contributed by atoms with Gasteiger partial charge in [0.05, 0.1) is 0 Å². The van der Waals surface area contributed by atoms with Crippen LogP contribution < -0.4 is 5.32 Å². The molecule has 3 amide bonds. The number of hydrogen-bond acceptors (Lipinski definition) is 3. The van der Waals surface area contributed by atoms with E-state index in [2.05, 4.69) is 5.32 Å². The maximum atomic E-state index is 12.6. The molecule has 0 aromatic rings. The van der Waals surface area contributed by atoms with Gasteiger partial charge in [0.1, 0.15) is 12.6 Å². The Hall–Kier alpha value is -1.79. The number of aliphatic carboxylic acids is 1. The van der Waals surface area contributed by atoms with Gasteiger partial charge in [0.25, 0.3) is 0 Å². The van der Waals surface area contributed by atoms with Gasteiger partial charge in [-0.1, -0.05) is 13.8 Å². The van der Waals surface area contributed by atoms with Crippen LogP contribution in [0.2, 0.25) is 0 Å². The molecule has 1 heterocycles. The minimum Gasteiger partial charge on any atom is -0.480 e. The minimum atomic E-state index is -1.05. The Bertz CT molecular complexity index is 382. The SMILES string of the molecule is CCC(C)N(CC(=O)O)C(=O)N1CCNC(=O)C1CC. The highest BCUT2D eigenvalue weighted by atomic mass is 16.4. The molecule has 2 N–H and O–H groups in total. The van der Waals surface area contributed by atoms with Crippen LogP contribution in [-0.4, -0.2) is 64.5 Å². The number of nitrogens with zero attached hydrogens (tertiary/aromatic N) is 2. The standard InChI is InChI=1S/C13H23N3O4/c1-4-9(3)16(8-11(17)18)13(20)15-7-6-14-12(19)10(15)5-2/h9-10H,4-8H2,1-3H3,(H,14,19)(H,17,18). The van der Waals surface area contributed by atoms with E-state index in [1.807, 2.05) is 20.8 Å². The Labute approximate surface area is 118 Å². The molecule has 0 radical (unpaired) electrons. The summed E-state index contributed by atoms with van der Waals surface area (Å²) < 4.78 is 0. The molecule has 1 saturated heterocycles. The van der Waals surface area contributed by atoms with Gasteiger partial charge in [-0.2, -0.15) is 0 Å². The zero-order valence-electron chi connectivity index (χ0n) is 12.3. The first-order chi connectivity index (χ1) is 9.42. The predicted octanol–water partition coefficient (Wildman–Crippen LogP) is 0.502. The number of rotatable bonds is 5. The number of amides is 3. The van der Waals surface area contributed by atoms with Crippen LogP contribution in [0.1, 0.15) is 33.6 Å². The maximum absolute atomic E-state index is 12.6. The van der Waals surface area contributed by atoms with Crippen molar-refractivity contribution < 1.29 is 19.5 Å².